The van der Waals surface area contributed by atoms with Crippen LogP contribution < -0.4 is 10.1 Å². The molecule has 0 spiro atoms. The highest BCUT2D eigenvalue weighted by Crippen LogP contribution is 2.17. The largest absolute Gasteiger partial charge is 0.478 e. The van der Waals surface area contributed by atoms with Crippen molar-refractivity contribution in [3.8, 4) is 5.75 Å². The second-order valence-electron chi connectivity index (χ2n) is 5.47. The average molecular weight is 325 g/mol. The van der Waals surface area contributed by atoms with Crippen molar-refractivity contribution in [3.05, 3.63) is 30.1 Å². The Morgan fingerprint density at radius 1 is 1.39 bits per heavy atom. The first-order valence-corrected chi connectivity index (χ1v) is 7.54. The average Bonchev–Trinajstić information content (AvgIpc) is 3.04. The highest BCUT2D eigenvalue weighted by Gasteiger charge is 2.21. The van der Waals surface area contributed by atoms with E-state index in [0.29, 0.717) is 18.9 Å². The van der Waals surface area contributed by atoms with Crippen LogP contribution in [0.25, 0.3) is 0 Å². The molecule has 1 aromatic carbocycles. The van der Waals surface area contributed by atoms with E-state index in [0.717, 1.165) is 19.4 Å². The second-order valence-corrected chi connectivity index (χ2v) is 5.47. The third-order valence-corrected chi connectivity index (χ3v) is 3.66. The van der Waals surface area contributed by atoms with Crippen LogP contribution in [0.2, 0.25) is 0 Å². The van der Waals surface area contributed by atoms with Gasteiger partial charge in [0, 0.05) is 19.6 Å². The standard InChI is InChI=1S/C16H20FNO5/c17-12-2-4-13(5-3-12)23-14(16(20)21)9-18-15(19)6-1-11-7-8-22-10-11/h2-5,11,14H,1,6-10H2,(H,18,19)(H,20,21). The Hall–Kier alpha value is -2.15. The summed E-state index contributed by atoms with van der Waals surface area (Å²) in [6.07, 6.45) is 0.789. The minimum atomic E-state index is -1.22. The number of hydrogen-bond acceptors (Lipinski definition) is 4. The zero-order valence-corrected chi connectivity index (χ0v) is 12.7. The van der Waals surface area contributed by atoms with Crippen LogP contribution in [0.1, 0.15) is 19.3 Å². The third-order valence-electron chi connectivity index (χ3n) is 3.66. The van der Waals surface area contributed by atoms with Crippen LogP contribution in [0.3, 0.4) is 0 Å². The molecule has 2 atom stereocenters. The Kier molecular flexibility index (Phi) is 6.34. The minimum absolute atomic E-state index is 0.146. The number of benzene rings is 1. The lowest BCUT2D eigenvalue weighted by Crippen LogP contribution is -2.40. The number of carboxylic acids is 1. The molecule has 0 aromatic heterocycles. The molecule has 23 heavy (non-hydrogen) atoms. The van der Waals surface area contributed by atoms with Gasteiger partial charge in [0.1, 0.15) is 11.6 Å². The van der Waals surface area contributed by atoms with Crippen LogP contribution in [-0.4, -0.2) is 42.8 Å². The molecule has 1 fully saturated rings. The summed E-state index contributed by atoms with van der Waals surface area (Å²) in [5.74, 6) is -1.22. The van der Waals surface area contributed by atoms with Crippen LogP contribution in [0.15, 0.2) is 24.3 Å². The van der Waals surface area contributed by atoms with Crippen molar-refractivity contribution in [2.24, 2.45) is 5.92 Å². The Morgan fingerprint density at radius 3 is 2.74 bits per heavy atom. The predicted octanol–water partition coefficient (Wildman–Crippen LogP) is 1.59. The minimum Gasteiger partial charge on any atom is -0.478 e. The van der Waals surface area contributed by atoms with E-state index in [9.17, 15) is 14.0 Å². The lowest BCUT2D eigenvalue weighted by Gasteiger charge is -2.16. The maximum atomic E-state index is 12.8. The van der Waals surface area contributed by atoms with Crippen molar-refractivity contribution in [1.82, 2.24) is 5.32 Å². The Bertz CT molecular complexity index is 528. The van der Waals surface area contributed by atoms with Gasteiger partial charge in [-0.2, -0.15) is 0 Å². The monoisotopic (exact) mass is 325 g/mol. The summed E-state index contributed by atoms with van der Waals surface area (Å²) >= 11 is 0. The van der Waals surface area contributed by atoms with Crippen molar-refractivity contribution >= 4 is 11.9 Å². The van der Waals surface area contributed by atoms with Crippen LogP contribution in [0.5, 0.6) is 5.75 Å². The molecule has 0 bridgehead atoms. The van der Waals surface area contributed by atoms with Gasteiger partial charge in [0.05, 0.1) is 6.54 Å². The summed E-state index contributed by atoms with van der Waals surface area (Å²) in [7, 11) is 0. The molecule has 0 aliphatic carbocycles. The fourth-order valence-electron chi connectivity index (χ4n) is 2.30. The quantitative estimate of drug-likeness (QED) is 0.758. The first-order chi connectivity index (χ1) is 11.0. The molecule has 7 heteroatoms. The Balaban J connectivity index is 1.76. The lowest BCUT2D eigenvalue weighted by molar-refractivity contribution is -0.145. The molecule has 0 radical (unpaired) electrons. The van der Waals surface area contributed by atoms with Crippen LogP contribution in [-0.2, 0) is 14.3 Å². The van der Waals surface area contributed by atoms with Gasteiger partial charge < -0.3 is 19.9 Å². The SMILES string of the molecule is O=C(CCC1CCOC1)NCC(Oc1ccc(F)cc1)C(=O)O. The van der Waals surface area contributed by atoms with Gasteiger partial charge in [-0.25, -0.2) is 9.18 Å². The number of aliphatic carboxylic acids is 1. The van der Waals surface area contributed by atoms with Crippen LogP contribution >= 0.6 is 0 Å². The van der Waals surface area contributed by atoms with E-state index in [1.54, 1.807) is 0 Å². The van der Waals surface area contributed by atoms with Gasteiger partial charge in [-0.05, 0) is 43.0 Å². The molecule has 2 rings (SSSR count). The third kappa shape index (κ3) is 5.86. The number of carbonyl (C=O) groups excluding carboxylic acids is 1. The molecule has 2 unspecified atom stereocenters. The number of ether oxygens (including phenoxy) is 2. The van der Waals surface area contributed by atoms with Gasteiger partial charge in [0.25, 0.3) is 0 Å². The van der Waals surface area contributed by atoms with Crippen molar-refractivity contribution in [2.75, 3.05) is 19.8 Å². The number of carbonyl (C=O) groups is 2. The molecule has 1 saturated heterocycles. The summed E-state index contributed by atoms with van der Waals surface area (Å²) in [4.78, 5) is 23.0. The molecule has 6 nitrogen and oxygen atoms in total. The molecule has 1 heterocycles. The van der Waals surface area contributed by atoms with Crippen molar-refractivity contribution in [1.29, 1.82) is 0 Å². The number of carboxylic acid groups (broad SMARTS) is 1. The van der Waals surface area contributed by atoms with Gasteiger partial charge in [0.2, 0.25) is 12.0 Å². The molecular weight excluding hydrogens is 305 g/mol. The van der Waals surface area contributed by atoms with Gasteiger partial charge >= 0.3 is 5.97 Å². The zero-order valence-electron chi connectivity index (χ0n) is 12.7. The van der Waals surface area contributed by atoms with E-state index < -0.39 is 17.9 Å². The summed E-state index contributed by atoms with van der Waals surface area (Å²) in [6.45, 7) is 1.27. The highest BCUT2D eigenvalue weighted by atomic mass is 19.1. The number of hydrogen-bond donors (Lipinski definition) is 2. The summed E-state index contributed by atoms with van der Waals surface area (Å²) in [6, 6.07) is 5.04. The van der Waals surface area contributed by atoms with Crippen LogP contribution in [0.4, 0.5) is 4.39 Å². The van der Waals surface area contributed by atoms with E-state index >= 15 is 0 Å². The number of amides is 1. The zero-order chi connectivity index (χ0) is 16.7. The molecule has 1 amide bonds. The van der Waals surface area contributed by atoms with E-state index in [2.05, 4.69) is 5.32 Å². The van der Waals surface area contributed by atoms with Gasteiger partial charge in [-0.1, -0.05) is 0 Å². The summed E-state index contributed by atoms with van der Waals surface area (Å²) in [5, 5.41) is 11.7. The maximum absolute atomic E-state index is 12.8. The van der Waals surface area contributed by atoms with Gasteiger partial charge in [-0.3, -0.25) is 4.79 Å². The van der Waals surface area contributed by atoms with Gasteiger partial charge in [-0.15, -0.1) is 0 Å². The first-order valence-electron chi connectivity index (χ1n) is 7.54. The predicted molar refractivity (Wildman–Crippen MR) is 79.6 cm³/mol. The molecule has 2 N–H and O–H groups in total. The molecule has 1 aliphatic rings. The maximum Gasteiger partial charge on any atom is 0.346 e. The van der Waals surface area contributed by atoms with E-state index in [1.165, 1.54) is 24.3 Å². The van der Waals surface area contributed by atoms with Crippen molar-refractivity contribution in [3.63, 3.8) is 0 Å². The molecule has 0 saturated carbocycles. The number of rotatable bonds is 8. The van der Waals surface area contributed by atoms with Crippen molar-refractivity contribution < 1.29 is 28.6 Å². The fraction of sp³-hybridized carbons (Fsp3) is 0.500. The summed E-state index contributed by atoms with van der Waals surface area (Å²) in [5.41, 5.74) is 0. The van der Waals surface area contributed by atoms with E-state index in [4.69, 9.17) is 14.6 Å². The fourth-order valence-corrected chi connectivity index (χ4v) is 2.30. The van der Waals surface area contributed by atoms with Crippen LogP contribution in [0, 0.1) is 11.7 Å². The normalized spacial score (nSPS) is 18.4. The molecule has 1 aromatic rings. The molecular formula is C16H20FNO5. The Labute approximate surface area is 133 Å². The second kappa shape index (κ2) is 8.47. The molecule has 1 aliphatic heterocycles. The Morgan fingerprint density at radius 2 is 2.13 bits per heavy atom. The number of halogens is 1. The first kappa shape index (κ1) is 17.2. The smallest absolute Gasteiger partial charge is 0.346 e. The van der Waals surface area contributed by atoms with Crippen molar-refractivity contribution in [2.45, 2.75) is 25.4 Å². The lowest BCUT2D eigenvalue weighted by atomic mass is 10.0. The topological polar surface area (TPSA) is 84.9 Å². The highest BCUT2D eigenvalue weighted by molar-refractivity contribution is 5.78. The van der Waals surface area contributed by atoms with Gasteiger partial charge in [0.15, 0.2) is 0 Å². The summed E-state index contributed by atoms with van der Waals surface area (Å²) < 4.78 is 23.3. The number of nitrogens with one attached hydrogen (secondary N) is 1. The van der Waals surface area contributed by atoms with E-state index in [1.807, 2.05) is 0 Å². The molecule has 126 valence electrons. The van der Waals surface area contributed by atoms with E-state index in [-0.39, 0.29) is 18.2 Å².